The second-order valence-corrected chi connectivity index (χ2v) is 6.69. The molecule has 1 heterocycles. The Morgan fingerprint density at radius 3 is 2.54 bits per heavy atom. The van der Waals surface area contributed by atoms with Gasteiger partial charge in [0.1, 0.15) is 11.8 Å². The number of benzene rings is 1. The molecule has 2 N–H and O–H groups in total. The normalized spacial score (nSPS) is 21.7. The van der Waals surface area contributed by atoms with Gasteiger partial charge in [-0.15, -0.1) is 0 Å². The molecule has 1 atom stereocenters. The number of hydrogen-bond acceptors (Lipinski definition) is 4. The summed E-state index contributed by atoms with van der Waals surface area (Å²) in [6.45, 7) is 1.23. The van der Waals surface area contributed by atoms with E-state index >= 15 is 0 Å². The molecular formula is C18H24N2O4. The van der Waals surface area contributed by atoms with Crippen LogP contribution in [0.15, 0.2) is 24.3 Å². The van der Waals surface area contributed by atoms with Crippen molar-refractivity contribution < 1.29 is 19.8 Å². The molecule has 24 heavy (non-hydrogen) atoms. The summed E-state index contributed by atoms with van der Waals surface area (Å²) in [5.74, 6) is -0.954. The van der Waals surface area contributed by atoms with E-state index in [1.54, 1.807) is 17.0 Å². The lowest BCUT2D eigenvalue weighted by Crippen LogP contribution is -2.55. The first kappa shape index (κ1) is 16.8. The van der Waals surface area contributed by atoms with Crippen LogP contribution in [0.25, 0.3) is 0 Å². The molecule has 2 fully saturated rings. The Balaban J connectivity index is 1.72. The monoisotopic (exact) mass is 332 g/mol. The van der Waals surface area contributed by atoms with Crippen LogP contribution in [0.2, 0.25) is 0 Å². The summed E-state index contributed by atoms with van der Waals surface area (Å²) >= 11 is 0. The van der Waals surface area contributed by atoms with Gasteiger partial charge in [-0.2, -0.15) is 0 Å². The van der Waals surface area contributed by atoms with Crippen LogP contribution in [-0.4, -0.2) is 57.6 Å². The Bertz CT molecular complexity index is 613. The van der Waals surface area contributed by atoms with Gasteiger partial charge >= 0.3 is 5.97 Å². The first-order chi connectivity index (χ1) is 11.6. The van der Waals surface area contributed by atoms with E-state index < -0.39 is 12.0 Å². The average molecular weight is 332 g/mol. The fraction of sp³-hybridized carbons (Fsp3) is 0.556. The zero-order chi connectivity index (χ0) is 17.1. The predicted molar refractivity (Wildman–Crippen MR) is 88.6 cm³/mol. The number of aliphatic carboxylic acids is 1. The quantitative estimate of drug-likeness (QED) is 0.881. The molecule has 1 aromatic rings. The zero-order valence-electron chi connectivity index (χ0n) is 13.7. The van der Waals surface area contributed by atoms with Gasteiger partial charge in [0, 0.05) is 19.1 Å². The van der Waals surface area contributed by atoms with E-state index in [4.69, 9.17) is 0 Å². The number of rotatable bonds is 4. The van der Waals surface area contributed by atoms with Crippen molar-refractivity contribution in [2.45, 2.75) is 44.2 Å². The molecule has 1 saturated carbocycles. The number of nitrogens with zero attached hydrogens (tertiary/aromatic N) is 2. The van der Waals surface area contributed by atoms with Crippen LogP contribution in [0.1, 0.15) is 43.7 Å². The maximum Gasteiger partial charge on any atom is 0.325 e. The molecule has 2 aliphatic rings. The van der Waals surface area contributed by atoms with Gasteiger partial charge in [0.2, 0.25) is 5.91 Å². The van der Waals surface area contributed by atoms with Crippen LogP contribution in [0.4, 0.5) is 0 Å². The number of amides is 1. The minimum Gasteiger partial charge on any atom is -0.508 e. The number of carbonyl (C=O) groups is 2. The molecule has 6 nitrogen and oxygen atoms in total. The Labute approximate surface area is 141 Å². The summed E-state index contributed by atoms with van der Waals surface area (Å²) in [5, 5.41) is 19.2. The topological polar surface area (TPSA) is 81.1 Å². The summed E-state index contributed by atoms with van der Waals surface area (Å²) in [5.41, 5.74) is 0.501. The average Bonchev–Trinajstić information content (AvgIpc) is 2.56. The van der Waals surface area contributed by atoms with Crippen LogP contribution < -0.4 is 0 Å². The van der Waals surface area contributed by atoms with E-state index in [0.717, 1.165) is 12.8 Å². The summed E-state index contributed by atoms with van der Waals surface area (Å²) in [6.07, 6.45) is 5.68. The van der Waals surface area contributed by atoms with E-state index in [1.807, 2.05) is 4.90 Å². The predicted octanol–water partition coefficient (Wildman–Crippen LogP) is 1.99. The van der Waals surface area contributed by atoms with Gasteiger partial charge in [0.25, 0.3) is 0 Å². The minimum absolute atomic E-state index is 0.0135. The van der Waals surface area contributed by atoms with Crippen molar-refractivity contribution in [3.63, 3.8) is 0 Å². The van der Waals surface area contributed by atoms with Crippen LogP contribution in [0.5, 0.6) is 5.75 Å². The molecular weight excluding hydrogens is 308 g/mol. The summed E-state index contributed by atoms with van der Waals surface area (Å²) in [6, 6.07) is 5.68. The van der Waals surface area contributed by atoms with Gasteiger partial charge in [-0.1, -0.05) is 31.4 Å². The maximum absolute atomic E-state index is 12.6. The van der Waals surface area contributed by atoms with E-state index in [0.29, 0.717) is 24.7 Å². The number of phenols is 1. The summed E-state index contributed by atoms with van der Waals surface area (Å²) in [7, 11) is 0. The number of hydrogen-bond donors (Lipinski definition) is 2. The van der Waals surface area contributed by atoms with Crippen molar-refractivity contribution in [1.82, 2.24) is 9.80 Å². The Kier molecular flexibility index (Phi) is 5.04. The second kappa shape index (κ2) is 7.21. The lowest BCUT2D eigenvalue weighted by atomic mass is 9.93. The Morgan fingerprint density at radius 2 is 1.92 bits per heavy atom. The molecule has 1 saturated heterocycles. The molecule has 1 aromatic carbocycles. The van der Waals surface area contributed by atoms with Crippen molar-refractivity contribution in [2.24, 2.45) is 0 Å². The fourth-order valence-electron chi connectivity index (χ4n) is 3.91. The third-order valence-electron chi connectivity index (χ3n) is 5.09. The highest BCUT2D eigenvalue weighted by Gasteiger charge is 2.36. The number of aromatic hydroxyl groups is 1. The largest absolute Gasteiger partial charge is 0.508 e. The number of piperazine rings is 1. The number of carbonyl (C=O) groups excluding carboxylic acids is 1. The van der Waals surface area contributed by atoms with Gasteiger partial charge in [0.15, 0.2) is 0 Å². The third-order valence-corrected chi connectivity index (χ3v) is 5.09. The maximum atomic E-state index is 12.6. The number of carboxylic acids is 1. The third kappa shape index (κ3) is 3.53. The molecule has 1 aliphatic carbocycles. The molecule has 1 aliphatic heterocycles. The van der Waals surface area contributed by atoms with Crippen LogP contribution in [0.3, 0.4) is 0 Å². The fourth-order valence-corrected chi connectivity index (χ4v) is 3.91. The molecule has 0 unspecified atom stereocenters. The molecule has 0 spiro atoms. The van der Waals surface area contributed by atoms with Gasteiger partial charge < -0.3 is 15.1 Å². The smallest absolute Gasteiger partial charge is 0.325 e. The summed E-state index contributed by atoms with van der Waals surface area (Å²) in [4.78, 5) is 28.0. The molecule has 0 aromatic heterocycles. The Morgan fingerprint density at radius 1 is 1.17 bits per heavy atom. The zero-order valence-corrected chi connectivity index (χ0v) is 13.7. The van der Waals surface area contributed by atoms with Gasteiger partial charge in [-0.25, -0.2) is 0 Å². The highest BCUT2D eigenvalue weighted by molar-refractivity contribution is 5.82. The van der Waals surface area contributed by atoms with Crippen LogP contribution in [-0.2, 0) is 9.59 Å². The van der Waals surface area contributed by atoms with Gasteiger partial charge in [0.05, 0.1) is 6.54 Å². The lowest BCUT2D eigenvalue weighted by Gasteiger charge is -2.42. The molecule has 130 valence electrons. The molecule has 1 amide bonds. The first-order valence-electron chi connectivity index (χ1n) is 8.61. The van der Waals surface area contributed by atoms with Crippen LogP contribution in [0, 0.1) is 0 Å². The minimum atomic E-state index is -1.00. The lowest BCUT2D eigenvalue weighted by molar-refractivity contribution is -0.149. The van der Waals surface area contributed by atoms with Crippen molar-refractivity contribution in [3.05, 3.63) is 29.8 Å². The van der Waals surface area contributed by atoms with Gasteiger partial charge in [-0.05, 0) is 30.5 Å². The van der Waals surface area contributed by atoms with E-state index in [1.165, 1.54) is 31.4 Å². The van der Waals surface area contributed by atoms with E-state index in [-0.39, 0.29) is 18.2 Å². The standard InChI is InChI=1S/C18H24N2O4/c21-15-8-4-5-13(11-15)17(18(23)24)19-9-10-20(16(22)12-19)14-6-2-1-3-7-14/h4-5,8,11,14,17,21H,1-3,6-7,9-10,12H2,(H,23,24)/t17-/m0/s1. The molecule has 3 rings (SSSR count). The van der Waals surface area contributed by atoms with E-state index in [9.17, 15) is 19.8 Å². The SMILES string of the molecule is O=C(O)[C@H](c1cccc(O)c1)N1CCN(C2CCCCC2)C(=O)C1. The highest BCUT2D eigenvalue weighted by Crippen LogP contribution is 2.28. The highest BCUT2D eigenvalue weighted by atomic mass is 16.4. The van der Waals surface area contributed by atoms with Crippen molar-refractivity contribution >= 4 is 11.9 Å². The summed E-state index contributed by atoms with van der Waals surface area (Å²) < 4.78 is 0. The second-order valence-electron chi connectivity index (χ2n) is 6.69. The van der Waals surface area contributed by atoms with Crippen molar-refractivity contribution in [3.8, 4) is 5.75 Å². The Hall–Kier alpha value is -2.08. The number of phenolic OH excluding ortho intramolecular Hbond substituents is 1. The molecule has 6 heteroatoms. The molecule has 0 bridgehead atoms. The van der Waals surface area contributed by atoms with Crippen molar-refractivity contribution in [1.29, 1.82) is 0 Å². The van der Waals surface area contributed by atoms with Crippen LogP contribution >= 0.6 is 0 Å². The van der Waals surface area contributed by atoms with E-state index in [2.05, 4.69) is 0 Å². The number of carboxylic acid groups (broad SMARTS) is 1. The van der Waals surface area contributed by atoms with Gasteiger partial charge in [-0.3, -0.25) is 14.5 Å². The first-order valence-corrected chi connectivity index (χ1v) is 8.61. The van der Waals surface area contributed by atoms with Crippen molar-refractivity contribution in [2.75, 3.05) is 19.6 Å². The molecule has 0 radical (unpaired) electrons.